The second kappa shape index (κ2) is 6.27. The van der Waals surface area contributed by atoms with Crippen molar-refractivity contribution < 1.29 is 19.2 Å². The molecule has 1 atom stereocenters. The molecule has 0 aliphatic heterocycles. The first-order valence-corrected chi connectivity index (χ1v) is 5.14. The van der Waals surface area contributed by atoms with Crippen LogP contribution >= 0.6 is 0 Å². The molecule has 0 bridgehead atoms. The molecule has 6 heteroatoms. The monoisotopic (exact) mass is 243 g/mol. The molecule has 0 radical (unpaired) electrons. The number of hydrogen-bond donors (Lipinski definition) is 1. The van der Waals surface area contributed by atoms with Crippen molar-refractivity contribution in [3.8, 4) is 0 Å². The summed E-state index contributed by atoms with van der Waals surface area (Å²) in [6.45, 7) is 0.218. The van der Waals surface area contributed by atoms with Crippen LogP contribution < -0.4 is 0 Å². The summed E-state index contributed by atoms with van der Waals surface area (Å²) >= 11 is 0. The largest absolute Gasteiger partial charge is 0.391 e. The molecule has 0 saturated carbocycles. The molecule has 0 amide bonds. The number of aliphatic hydroxyl groups is 1. The highest BCUT2D eigenvalue weighted by Gasteiger charge is 2.14. The van der Waals surface area contributed by atoms with Crippen molar-refractivity contribution in [2.45, 2.75) is 18.9 Å². The van der Waals surface area contributed by atoms with E-state index in [0.717, 1.165) is 12.1 Å². The van der Waals surface area contributed by atoms with Crippen LogP contribution in [-0.4, -0.2) is 29.9 Å². The molecule has 5 nitrogen and oxygen atoms in total. The third-order valence-corrected chi connectivity index (χ3v) is 2.33. The van der Waals surface area contributed by atoms with Crippen LogP contribution in [0.3, 0.4) is 0 Å². The maximum absolute atomic E-state index is 13.2. The van der Waals surface area contributed by atoms with Crippen molar-refractivity contribution in [3.63, 3.8) is 0 Å². The molecule has 1 N–H and O–H groups in total. The predicted octanol–water partition coefficient (Wildman–Crippen LogP) is 1.67. The van der Waals surface area contributed by atoms with Crippen molar-refractivity contribution in [2.24, 2.45) is 0 Å². The highest BCUT2D eigenvalue weighted by molar-refractivity contribution is 5.35. The lowest BCUT2D eigenvalue weighted by Crippen LogP contribution is -2.14. The average molecular weight is 243 g/mol. The Morgan fingerprint density at radius 1 is 1.59 bits per heavy atom. The maximum Gasteiger partial charge on any atom is 0.304 e. The van der Waals surface area contributed by atoms with Crippen molar-refractivity contribution >= 4 is 5.69 Å². The summed E-state index contributed by atoms with van der Waals surface area (Å²) in [5.74, 6) is -0.853. The van der Waals surface area contributed by atoms with Gasteiger partial charge < -0.3 is 9.84 Å². The number of nitrogens with zero attached hydrogens (tertiary/aromatic N) is 1. The van der Waals surface area contributed by atoms with Crippen LogP contribution in [0.25, 0.3) is 0 Å². The topological polar surface area (TPSA) is 72.6 Å². The summed E-state index contributed by atoms with van der Waals surface area (Å²) in [5, 5.41) is 19.8. The molecular formula is C11H14FNO4. The van der Waals surface area contributed by atoms with Crippen molar-refractivity contribution in [1.29, 1.82) is 0 Å². The van der Waals surface area contributed by atoms with Crippen molar-refractivity contribution in [3.05, 3.63) is 39.7 Å². The van der Waals surface area contributed by atoms with Crippen LogP contribution in [0.5, 0.6) is 0 Å². The second-order valence-corrected chi connectivity index (χ2v) is 3.69. The van der Waals surface area contributed by atoms with E-state index >= 15 is 0 Å². The Labute approximate surface area is 98.0 Å². The molecule has 0 aliphatic carbocycles. The van der Waals surface area contributed by atoms with Gasteiger partial charge in [0.2, 0.25) is 5.82 Å². The zero-order valence-corrected chi connectivity index (χ0v) is 9.43. The number of hydrogen-bond acceptors (Lipinski definition) is 4. The van der Waals surface area contributed by atoms with Gasteiger partial charge in [0.1, 0.15) is 0 Å². The molecule has 1 aromatic carbocycles. The van der Waals surface area contributed by atoms with E-state index in [1.165, 1.54) is 13.2 Å². The van der Waals surface area contributed by atoms with Crippen LogP contribution in [0.15, 0.2) is 18.2 Å². The van der Waals surface area contributed by atoms with Crippen molar-refractivity contribution in [1.82, 2.24) is 0 Å². The Morgan fingerprint density at radius 2 is 2.29 bits per heavy atom. The summed E-state index contributed by atoms with van der Waals surface area (Å²) in [4.78, 5) is 9.63. The number of nitro benzene ring substituents is 1. The Kier molecular flexibility index (Phi) is 4.99. The SMILES string of the molecule is COCC(O)CCc1ccc([N+](=O)[O-])c(F)c1. The average Bonchev–Trinajstić information content (AvgIpc) is 2.26. The van der Waals surface area contributed by atoms with Gasteiger partial charge in [-0.25, -0.2) is 0 Å². The standard InChI is InChI=1S/C11H14FNO4/c1-17-7-9(14)4-2-8-3-5-11(13(15)16)10(12)6-8/h3,5-6,9,14H,2,4,7H2,1H3. The van der Waals surface area contributed by atoms with Crippen molar-refractivity contribution in [2.75, 3.05) is 13.7 Å². The van der Waals surface area contributed by atoms with E-state index in [4.69, 9.17) is 4.74 Å². The van der Waals surface area contributed by atoms with Gasteiger partial charge in [-0.05, 0) is 24.5 Å². The number of halogens is 1. The fourth-order valence-corrected chi connectivity index (χ4v) is 1.46. The number of rotatable bonds is 6. The molecule has 1 unspecified atom stereocenters. The quantitative estimate of drug-likeness (QED) is 0.609. The number of benzene rings is 1. The number of nitro groups is 1. The van der Waals surface area contributed by atoms with Crippen LogP contribution in [0.4, 0.5) is 10.1 Å². The molecule has 17 heavy (non-hydrogen) atoms. The van der Waals surface area contributed by atoms with Gasteiger partial charge in [-0.15, -0.1) is 0 Å². The van der Waals surface area contributed by atoms with E-state index in [1.54, 1.807) is 0 Å². The lowest BCUT2D eigenvalue weighted by atomic mass is 10.1. The van der Waals surface area contributed by atoms with E-state index in [2.05, 4.69) is 0 Å². The molecule has 0 saturated heterocycles. The number of ether oxygens (including phenoxy) is 1. The first-order chi connectivity index (χ1) is 8.04. The van der Waals surface area contributed by atoms with Gasteiger partial charge in [0, 0.05) is 13.2 Å². The molecule has 1 aromatic rings. The third kappa shape index (κ3) is 4.08. The number of aryl methyl sites for hydroxylation is 1. The second-order valence-electron chi connectivity index (χ2n) is 3.69. The van der Waals surface area contributed by atoms with Gasteiger partial charge in [0.05, 0.1) is 17.6 Å². The Hall–Kier alpha value is -1.53. The van der Waals surface area contributed by atoms with Gasteiger partial charge in [0.25, 0.3) is 0 Å². The predicted molar refractivity (Wildman–Crippen MR) is 59.3 cm³/mol. The van der Waals surface area contributed by atoms with E-state index in [9.17, 15) is 19.6 Å². The minimum absolute atomic E-state index is 0.218. The lowest BCUT2D eigenvalue weighted by Gasteiger charge is -2.08. The smallest absolute Gasteiger partial charge is 0.304 e. The summed E-state index contributed by atoms with van der Waals surface area (Å²) in [6.07, 6.45) is 0.253. The molecule has 0 fully saturated rings. The van der Waals surface area contributed by atoms with Gasteiger partial charge in [-0.1, -0.05) is 6.07 Å². The molecule has 1 rings (SSSR count). The molecule has 0 aromatic heterocycles. The maximum atomic E-state index is 13.2. The molecule has 0 heterocycles. The highest BCUT2D eigenvalue weighted by atomic mass is 19.1. The van der Waals surface area contributed by atoms with E-state index < -0.39 is 22.5 Å². The van der Waals surface area contributed by atoms with Crippen LogP contribution in [-0.2, 0) is 11.2 Å². The number of aliphatic hydroxyl groups excluding tert-OH is 1. The van der Waals surface area contributed by atoms with Gasteiger partial charge in [-0.2, -0.15) is 4.39 Å². The van der Waals surface area contributed by atoms with E-state index in [0.29, 0.717) is 18.4 Å². The van der Waals surface area contributed by atoms with Crippen LogP contribution in [0.1, 0.15) is 12.0 Å². The fraction of sp³-hybridized carbons (Fsp3) is 0.455. The number of methoxy groups -OCH3 is 1. The first-order valence-electron chi connectivity index (χ1n) is 5.14. The summed E-state index contributed by atoms with van der Waals surface area (Å²) in [6, 6.07) is 3.74. The first kappa shape index (κ1) is 13.5. The normalized spacial score (nSPS) is 12.4. The van der Waals surface area contributed by atoms with Gasteiger partial charge >= 0.3 is 5.69 Å². The van der Waals surface area contributed by atoms with Gasteiger partial charge in [0.15, 0.2) is 0 Å². The van der Waals surface area contributed by atoms with Gasteiger partial charge in [-0.3, -0.25) is 10.1 Å². The summed E-state index contributed by atoms with van der Waals surface area (Å²) in [7, 11) is 1.48. The lowest BCUT2D eigenvalue weighted by molar-refractivity contribution is -0.387. The Morgan fingerprint density at radius 3 is 2.82 bits per heavy atom. The minimum Gasteiger partial charge on any atom is -0.391 e. The molecule has 94 valence electrons. The molecule has 0 aliphatic rings. The van der Waals surface area contributed by atoms with E-state index in [1.807, 2.05) is 0 Å². The zero-order chi connectivity index (χ0) is 12.8. The minimum atomic E-state index is -0.853. The van der Waals surface area contributed by atoms with E-state index in [-0.39, 0.29) is 6.61 Å². The Bertz CT molecular complexity index is 397. The Balaban J connectivity index is 2.62. The highest BCUT2D eigenvalue weighted by Crippen LogP contribution is 2.19. The molecule has 0 spiro atoms. The van der Waals surface area contributed by atoms with Crippen LogP contribution in [0, 0.1) is 15.9 Å². The fourth-order valence-electron chi connectivity index (χ4n) is 1.46. The summed E-state index contributed by atoms with van der Waals surface area (Å²) < 4.78 is 18.0. The van der Waals surface area contributed by atoms with Crippen LogP contribution in [0.2, 0.25) is 0 Å². The molecular weight excluding hydrogens is 229 g/mol. The zero-order valence-electron chi connectivity index (χ0n) is 9.43. The summed E-state index contributed by atoms with van der Waals surface area (Å²) in [5.41, 5.74) is 0.0782. The third-order valence-electron chi connectivity index (χ3n) is 2.33.